The van der Waals surface area contributed by atoms with Gasteiger partial charge in [-0.1, -0.05) is 6.07 Å². The van der Waals surface area contributed by atoms with E-state index in [1.165, 1.54) is 12.1 Å². The summed E-state index contributed by atoms with van der Waals surface area (Å²) >= 11 is 0. The average Bonchev–Trinajstić information content (AvgIpc) is 2.27. The van der Waals surface area contributed by atoms with Crippen molar-refractivity contribution in [1.82, 2.24) is 5.32 Å². The zero-order chi connectivity index (χ0) is 13.5. The highest BCUT2D eigenvalue weighted by Gasteiger charge is 2.10. The molecule has 2 nitrogen and oxygen atoms in total. The number of nitrogens with one attached hydrogen (secondary N) is 1. The Bertz CT molecular complexity index is 369. The van der Waals surface area contributed by atoms with E-state index in [-0.39, 0.29) is 12.1 Å². The molecule has 0 heterocycles. The summed E-state index contributed by atoms with van der Waals surface area (Å²) in [6.07, 6.45) is 1.10. The van der Waals surface area contributed by atoms with Gasteiger partial charge in [-0.25, -0.2) is 8.78 Å². The number of rotatable bonds is 7. The molecule has 1 aromatic carbocycles. The van der Waals surface area contributed by atoms with Gasteiger partial charge in [0.05, 0.1) is 6.10 Å². The molecule has 1 aromatic rings. The van der Waals surface area contributed by atoms with E-state index >= 15 is 0 Å². The number of hydrogen-bond donors (Lipinski definition) is 1. The third kappa shape index (κ3) is 5.10. The van der Waals surface area contributed by atoms with E-state index in [1.54, 1.807) is 0 Å². The van der Waals surface area contributed by atoms with E-state index in [0.29, 0.717) is 12.2 Å². The molecule has 102 valence electrons. The van der Waals surface area contributed by atoms with Crippen LogP contribution in [0.1, 0.15) is 38.8 Å². The molecule has 0 radical (unpaired) electrons. The third-order valence-electron chi connectivity index (χ3n) is 2.65. The van der Waals surface area contributed by atoms with Gasteiger partial charge in [-0.15, -0.1) is 0 Å². The lowest BCUT2D eigenvalue weighted by molar-refractivity contribution is 0.0767. The van der Waals surface area contributed by atoms with Crippen molar-refractivity contribution in [2.75, 3.05) is 13.2 Å². The molecule has 0 aliphatic carbocycles. The number of ether oxygens (including phenoxy) is 1. The van der Waals surface area contributed by atoms with Crippen molar-refractivity contribution in [2.24, 2.45) is 0 Å². The van der Waals surface area contributed by atoms with Crippen molar-refractivity contribution in [3.8, 4) is 0 Å². The standard InChI is InChI=1S/C14H21F2NO/c1-10(2)18-8-4-7-17-11(3)13-6-5-12(15)9-14(13)16/h5-6,9-11,17H,4,7-8H2,1-3H3. The molecular formula is C14H21F2NO. The quantitative estimate of drug-likeness (QED) is 0.756. The summed E-state index contributed by atoms with van der Waals surface area (Å²) in [5, 5.41) is 3.19. The van der Waals surface area contributed by atoms with E-state index < -0.39 is 11.6 Å². The minimum absolute atomic E-state index is 0.135. The topological polar surface area (TPSA) is 21.3 Å². The second kappa shape index (κ2) is 7.44. The summed E-state index contributed by atoms with van der Waals surface area (Å²) in [5.41, 5.74) is 0.487. The van der Waals surface area contributed by atoms with Crippen LogP contribution < -0.4 is 5.32 Å². The van der Waals surface area contributed by atoms with Crippen LogP contribution in [0.4, 0.5) is 8.78 Å². The van der Waals surface area contributed by atoms with Crippen molar-refractivity contribution in [2.45, 2.75) is 39.3 Å². The Morgan fingerprint density at radius 3 is 2.56 bits per heavy atom. The fraction of sp³-hybridized carbons (Fsp3) is 0.571. The fourth-order valence-electron chi connectivity index (χ4n) is 1.67. The largest absolute Gasteiger partial charge is 0.379 e. The molecule has 1 unspecified atom stereocenters. The summed E-state index contributed by atoms with van der Waals surface area (Å²) < 4.78 is 31.6. The number of hydrogen-bond acceptors (Lipinski definition) is 2. The molecule has 4 heteroatoms. The second-order valence-corrected chi connectivity index (χ2v) is 4.61. The maximum Gasteiger partial charge on any atom is 0.130 e. The van der Waals surface area contributed by atoms with Crippen molar-refractivity contribution in [3.63, 3.8) is 0 Å². The van der Waals surface area contributed by atoms with E-state index in [9.17, 15) is 8.78 Å². The number of benzene rings is 1. The SMILES string of the molecule is CC(C)OCCCNC(C)c1ccc(F)cc1F. The highest BCUT2D eigenvalue weighted by atomic mass is 19.1. The summed E-state index contributed by atoms with van der Waals surface area (Å²) in [7, 11) is 0. The van der Waals surface area contributed by atoms with Crippen LogP contribution in [0, 0.1) is 11.6 Å². The monoisotopic (exact) mass is 257 g/mol. The minimum atomic E-state index is -0.547. The maximum absolute atomic E-state index is 13.5. The summed E-state index contributed by atoms with van der Waals surface area (Å²) in [4.78, 5) is 0. The van der Waals surface area contributed by atoms with Gasteiger partial charge in [0.1, 0.15) is 11.6 Å². The zero-order valence-corrected chi connectivity index (χ0v) is 11.2. The van der Waals surface area contributed by atoms with Crippen LogP contribution in [0.3, 0.4) is 0 Å². The van der Waals surface area contributed by atoms with E-state index in [2.05, 4.69) is 5.32 Å². The number of halogens is 2. The van der Waals surface area contributed by atoms with Gasteiger partial charge < -0.3 is 10.1 Å². The molecule has 1 N–H and O–H groups in total. The molecule has 0 bridgehead atoms. The van der Waals surface area contributed by atoms with Crippen molar-refractivity contribution >= 4 is 0 Å². The molecule has 0 saturated carbocycles. The first-order valence-electron chi connectivity index (χ1n) is 6.30. The molecule has 0 amide bonds. The van der Waals surface area contributed by atoms with E-state index in [1.807, 2.05) is 20.8 Å². The first-order chi connectivity index (χ1) is 8.50. The summed E-state index contributed by atoms with van der Waals surface area (Å²) in [6, 6.07) is 3.53. The van der Waals surface area contributed by atoms with Gasteiger partial charge in [-0.3, -0.25) is 0 Å². The highest BCUT2D eigenvalue weighted by Crippen LogP contribution is 2.17. The van der Waals surface area contributed by atoms with Crippen LogP contribution in [0.5, 0.6) is 0 Å². The third-order valence-corrected chi connectivity index (χ3v) is 2.65. The van der Waals surface area contributed by atoms with E-state index in [4.69, 9.17) is 4.74 Å². The smallest absolute Gasteiger partial charge is 0.130 e. The van der Waals surface area contributed by atoms with Crippen molar-refractivity contribution in [1.29, 1.82) is 0 Å². The Balaban J connectivity index is 2.34. The average molecular weight is 257 g/mol. The Hall–Kier alpha value is -1.00. The fourth-order valence-corrected chi connectivity index (χ4v) is 1.67. The normalized spacial score (nSPS) is 13.0. The maximum atomic E-state index is 13.5. The van der Waals surface area contributed by atoms with Crippen LogP contribution in [0.25, 0.3) is 0 Å². The molecule has 0 saturated heterocycles. The van der Waals surface area contributed by atoms with Gasteiger partial charge in [-0.2, -0.15) is 0 Å². The predicted molar refractivity (Wildman–Crippen MR) is 68.5 cm³/mol. The summed E-state index contributed by atoms with van der Waals surface area (Å²) in [5.74, 6) is -1.05. The van der Waals surface area contributed by atoms with Gasteiger partial charge in [0.25, 0.3) is 0 Å². The van der Waals surface area contributed by atoms with Crippen LogP contribution in [0.2, 0.25) is 0 Å². The molecule has 1 rings (SSSR count). The Morgan fingerprint density at radius 2 is 1.94 bits per heavy atom. The van der Waals surface area contributed by atoms with Gasteiger partial charge in [-0.05, 0) is 39.8 Å². The van der Waals surface area contributed by atoms with Crippen molar-refractivity contribution < 1.29 is 13.5 Å². The van der Waals surface area contributed by atoms with Gasteiger partial charge in [0, 0.05) is 24.3 Å². The van der Waals surface area contributed by atoms with E-state index in [0.717, 1.165) is 19.0 Å². The molecule has 18 heavy (non-hydrogen) atoms. The van der Waals surface area contributed by atoms with Gasteiger partial charge in [0.15, 0.2) is 0 Å². The predicted octanol–water partition coefficient (Wildman–Crippen LogP) is 3.43. The highest BCUT2D eigenvalue weighted by molar-refractivity contribution is 5.21. The molecule has 0 fully saturated rings. The van der Waals surface area contributed by atoms with Crippen LogP contribution in [0.15, 0.2) is 18.2 Å². The zero-order valence-electron chi connectivity index (χ0n) is 11.2. The van der Waals surface area contributed by atoms with Gasteiger partial charge in [0.2, 0.25) is 0 Å². The molecular weight excluding hydrogens is 236 g/mol. The van der Waals surface area contributed by atoms with Crippen molar-refractivity contribution in [3.05, 3.63) is 35.4 Å². The Morgan fingerprint density at radius 1 is 1.22 bits per heavy atom. The lowest BCUT2D eigenvalue weighted by Gasteiger charge is -2.15. The molecule has 0 aromatic heterocycles. The Kier molecular flexibility index (Phi) is 6.22. The second-order valence-electron chi connectivity index (χ2n) is 4.61. The molecule has 0 aliphatic heterocycles. The first kappa shape index (κ1) is 15.1. The first-order valence-corrected chi connectivity index (χ1v) is 6.30. The van der Waals surface area contributed by atoms with Crippen LogP contribution >= 0.6 is 0 Å². The minimum Gasteiger partial charge on any atom is -0.379 e. The molecule has 0 spiro atoms. The van der Waals surface area contributed by atoms with Crippen LogP contribution in [-0.4, -0.2) is 19.3 Å². The Labute approximate surface area is 107 Å². The van der Waals surface area contributed by atoms with Gasteiger partial charge >= 0.3 is 0 Å². The molecule has 0 aliphatic rings. The molecule has 1 atom stereocenters. The summed E-state index contributed by atoms with van der Waals surface area (Å²) in [6.45, 7) is 7.27. The lowest BCUT2D eigenvalue weighted by Crippen LogP contribution is -2.22. The lowest BCUT2D eigenvalue weighted by atomic mass is 10.1. The van der Waals surface area contributed by atoms with Crippen LogP contribution in [-0.2, 0) is 4.74 Å².